The SMILES string of the molecule is COC(=O)N1CC(N)CC(c2ccc(C(C)C)cc2)C1. The third kappa shape index (κ3) is 3.31. The van der Waals surface area contributed by atoms with Crippen LogP contribution in [0, 0.1) is 0 Å². The lowest BCUT2D eigenvalue weighted by atomic mass is 9.87. The summed E-state index contributed by atoms with van der Waals surface area (Å²) in [5, 5.41) is 0. The Labute approximate surface area is 120 Å². The number of piperidine rings is 1. The Kier molecular flexibility index (Phi) is 4.65. The molecule has 2 rings (SSSR count). The van der Waals surface area contributed by atoms with E-state index in [4.69, 9.17) is 10.5 Å². The van der Waals surface area contributed by atoms with Gasteiger partial charge in [0.1, 0.15) is 0 Å². The van der Waals surface area contributed by atoms with Gasteiger partial charge in [0.2, 0.25) is 0 Å². The third-order valence-corrected chi connectivity index (χ3v) is 3.99. The zero-order chi connectivity index (χ0) is 14.7. The largest absolute Gasteiger partial charge is 0.453 e. The molecule has 1 fully saturated rings. The second kappa shape index (κ2) is 6.27. The Morgan fingerprint density at radius 1 is 1.30 bits per heavy atom. The first-order valence-electron chi connectivity index (χ1n) is 7.19. The van der Waals surface area contributed by atoms with Gasteiger partial charge in [0.05, 0.1) is 7.11 Å². The van der Waals surface area contributed by atoms with Gasteiger partial charge < -0.3 is 15.4 Å². The van der Waals surface area contributed by atoms with Gasteiger partial charge in [-0.05, 0) is 23.5 Å². The van der Waals surface area contributed by atoms with Gasteiger partial charge in [-0.2, -0.15) is 0 Å². The standard InChI is InChI=1S/C16H24N2O2/c1-11(2)12-4-6-13(7-5-12)14-8-15(17)10-18(9-14)16(19)20-3/h4-7,11,14-15H,8-10,17H2,1-3H3. The molecule has 0 saturated carbocycles. The summed E-state index contributed by atoms with van der Waals surface area (Å²) in [6.07, 6.45) is 0.623. The lowest BCUT2D eigenvalue weighted by molar-refractivity contribution is 0.106. The topological polar surface area (TPSA) is 55.6 Å². The average Bonchev–Trinajstić information content (AvgIpc) is 2.45. The van der Waals surface area contributed by atoms with Crippen LogP contribution in [0.4, 0.5) is 4.79 Å². The molecule has 1 heterocycles. The van der Waals surface area contributed by atoms with E-state index in [1.54, 1.807) is 4.90 Å². The predicted octanol–water partition coefficient (Wildman–Crippen LogP) is 2.69. The van der Waals surface area contributed by atoms with Crippen LogP contribution in [-0.2, 0) is 4.74 Å². The number of carbonyl (C=O) groups is 1. The van der Waals surface area contributed by atoms with Crippen molar-refractivity contribution in [2.45, 2.75) is 38.1 Å². The third-order valence-electron chi connectivity index (χ3n) is 3.99. The second-order valence-electron chi connectivity index (χ2n) is 5.89. The van der Waals surface area contributed by atoms with Gasteiger partial charge in [0, 0.05) is 25.0 Å². The van der Waals surface area contributed by atoms with Crippen molar-refractivity contribution in [2.75, 3.05) is 20.2 Å². The van der Waals surface area contributed by atoms with Gasteiger partial charge >= 0.3 is 6.09 Å². The van der Waals surface area contributed by atoms with Crippen molar-refractivity contribution in [1.82, 2.24) is 4.90 Å². The summed E-state index contributed by atoms with van der Waals surface area (Å²) in [5.41, 5.74) is 8.65. The van der Waals surface area contributed by atoms with E-state index in [2.05, 4.69) is 38.1 Å². The van der Waals surface area contributed by atoms with Gasteiger partial charge in [-0.3, -0.25) is 0 Å². The molecular weight excluding hydrogens is 252 g/mol. The minimum Gasteiger partial charge on any atom is -0.453 e. The van der Waals surface area contributed by atoms with E-state index in [0.29, 0.717) is 24.9 Å². The molecule has 1 amide bonds. The molecule has 2 atom stereocenters. The van der Waals surface area contributed by atoms with E-state index in [9.17, 15) is 4.79 Å². The van der Waals surface area contributed by atoms with E-state index < -0.39 is 0 Å². The van der Waals surface area contributed by atoms with Crippen molar-refractivity contribution in [3.05, 3.63) is 35.4 Å². The average molecular weight is 276 g/mol. The highest BCUT2D eigenvalue weighted by molar-refractivity contribution is 5.67. The first-order valence-corrected chi connectivity index (χ1v) is 7.19. The molecule has 2 N–H and O–H groups in total. The molecule has 0 spiro atoms. The van der Waals surface area contributed by atoms with Crippen molar-refractivity contribution in [1.29, 1.82) is 0 Å². The Morgan fingerprint density at radius 3 is 2.50 bits per heavy atom. The van der Waals surface area contributed by atoms with Crippen LogP contribution in [0.25, 0.3) is 0 Å². The fraction of sp³-hybridized carbons (Fsp3) is 0.562. The van der Waals surface area contributed by atoms with Crippen molar-refractivity contribution in [3.8, 4) is 0 Å². The van der Waals surface area contributed by atoms with Crippen molar-refractivity contribution >= 4 is 6.09 Å². The lowest BCUT2D eigenvalue weighted by Crippen LogP contribution is -2.48. The minimum absolute atomic E-state index is 0.0117. The number of rotatable bonds is 2. The summed E-state index contributed by atoms with van der Waals surface area (Å²) in [6, 6.07) is 8.67. The number of likely N-dealkylation sites (tertiary alicyclic amines) is 1. The van der Waals surface area contributed by atoms with E-state index in [1.807, 2.05) is 0 Å². The molecule has 110 valence electrons. The molecule has 4 nitrogen and oxygen atoms in total. The molecule has 0 aliphatic carbocycles. The van der Waals surface area contributed by atoms with Crippen molar-refractivity contribution in [2.24, 2.45) is 5.73 Å². The molecule has 2 unspecified atom stereocenters. The molecule has 1 aromatic carbocycles. The second-order valence-corrected chi connectivity index (χ2v) is 5.89. The van der Waals surface area contributed by atoms with Crippen LogP contribution in [0.3, 0.4) is 0 Å². The summed E-state index contributed by atoms with van der Waals surface area (Å²) >= 11 is 0. The van der Waals surface area contributed by atoms with Gasteiger partial charge in [0.25, 0.3) is 0 Å². The Balaban J connectivity index is 2.12. The maximum atomic E-state index is 11.7. The molecule has 1 aromatic rings. The summed E-state index contributed by atoms with van der Waals surface area (Å²) < 4.78 is 4.80. The number of carbonyl (C=O) groups excluding carboxylic acids is 1. The zero-order valence-corrected chi connectivity index (χ0v) is 12.5. The fourth-order valence-corrected chi connectivity index (χ4v) is 2.81. The van der Waals surface area contributed by atoms with E-state index >= 15 is 0 Å². The molecule has 0 aromatic heterocycles. The highest BCUT2D eigenvalue weighted by Crippen LogP contribution is 2.28. The molecule has 1 saturated heterocycles. The quantitative estimate of drug-likeness (QED) is 0.903. The van der Waals surface area contributed by atoms with Gasteiger partial charge in [-0.1, -0.05) is 38.1 Å². The van der Waals surface area contributed by atoms with Crippen molar-refractivity contribution in [3.63, 3.8) is 0 Å². The van der Waals surface area contributed by atoms with Gasteiger partial charge in [-0.15, -0.1) is 0 Å². The Hall–Kier alpha value is -1.55. The number of nitrogens with two attached hydrogens (primary N) is 1. The molecule has 1 aliphatic heterocycles. The number of benzene rings is 1. The van der Waals surface area contributed by atoms with Gasteiger partial charge in [-0.25, -0.2) is 4.79 Å². The van der Waals surface area contributed by atoms with E-state index in [0.717, 1.165) is 6.42 Å². The summed E-state index contributed by atoms with van der Waals surface area (Å²) in [7, 11) is 1.41. The maximum absolute atomic E-state index is 11.7. The normalized spacial score (nSPS) is 22.9. The molecule has 4 heteroatoms. The maximum Gasteiger partial charge on any atom is 0.409 e. The highest BCUT2D eigenvalue weighted by atomic mass is 16.5. The van der Waals surface area contributed by atoms with E-state index in [-0.39, 0.29) is 12.1 Å². The van der Waals surface area contributed by atoms with Crippen molar-refractivity contribution < 1.29 is 9.53 Å². The number of nitrogens with zero attached hydrogens (tertiary/aromatic N) is 1. The number of hydrogen-bond acceptors (Lipinski definition) is 3. The number of methoxy groups -OCH3 is 1. The van der Waals surface area contributed by atoms with Crippen LogP contribution in [0.1, 0.15) is 43.2 Å². The molecular formula is C16H24N2O2. The summed E-state index contributed by atoms with van der Waals surface area (Å²) in [4.78, 5) is 13.4. The van der Waals surface area contributed by atoms with Crippen LogP contribution in [0.15, 0.2) is 24.3 Å². The first-order chi connectivity index (χ1) is 9.51. The molecule has 0 radical (unpaired) electrons. The summed E-state index contributed by atoms with van der Waals surface area (Å²) in [6.45, 7) is 5.63. The van der Waals surface area contributed by atoms with Gasteiger partial charge in [0.15, 0.2) is 0 Å². The lowest BCUT2D eigenvalue weighted by Gasteiger charge is -2.35. The number of amides is 1. The van der Waals surface area contributed by atoms with Crippen LogP contribution < -0.4 is 5.73 Å². The first kappa shape index (κ1) is 14.9. The monoisotopic (exact) mass is 276 g/mol. The minimum atomic E-state index is -0.288. The predicted molar refractivity (Wildman–Crippen MR) is 79.8 cm³/mol. The number of hydrogen-bond donors (Lipinski definition) is 1. The van der Waals surface area contributed by atoms with Crippen LogP contribution in [0.5, 0.6) is 0 Å². The molecule has 1 aliphatic rings. The van der Waals surface area contributed by atoms with Crippen LogP contribution >= 0.6 is 0 Å². The Morgan fingerprint density at radius 2 is 1.95 bits per heavy atom. The van der Waals surface area contributed by atoms with Crippen LogP contribution in [-0.4, -0.2) is 37.2 Å². The summed E-state index contributed by atoms with van der Waals surface area (Å²) in [5.74, 6) is 0.822. The van der Waals surface area contributed by atoms with Crippen LogP contribution in [0.2, 0.25) is 0 Å². The number of ether oxygens (including phenoxy) is 1. The highest BCUT2D eigenvalue weighted by Gasteiger charge is 2.29. The molecule has 20 heavy (non-hydrogen) atoms. The zero-order valence-electron chi connectivity index (χ0n) is 12.5. The van der Waals surface area contributed by atoms with E-state index in [1.165, 1.54) is 18.2 Å². The fourth-order valence-electron chi connectivity index (χ4n) is 2.81. The Bertz CT molecular complexity index is 456. The smallest absolute Gasteiger partial charge is 0.409 e. The molecule has 0 bridgehead atoms.